The molecule has 6 N–H and O–H groups in total. The predicted molar refractivity (Wildman–Crippen MR) is 113 cm³/mol. The van der Waals surface area contributed by atoms with Crippen molar-refractivity contribution in [2.24, 2.45) is 5.73 Å². The number of nitrogen functional groups attached to an aromatic ring is 1. The Bertz CT molecular complexity index is 1000. The molecule has 0 aromatic heterocycles. The number of rotatable bonds is 6. The molecular weight excluding hydrogens is 386 g/mol. The summed E-state index contributed by atoms with van der Waals surface area (Å²) >= 11 is 0. The van der Waals surface area contributed by atoms with E-state index in [1.54, 1.807) is 49.4 Å². The van der Waals surface area contributed by atoms with Gasteiger partial charge in [-0.2, -0.15) is 0 Å². The number of benzene rings is 2. The van der Waals surface area contributed by atoms with Crippen LogP contribution >= 0.6 is 0 Å². The first-order valence-corrected chi connectivity index (χ1v) is 9.40. The first kappa shape index (κ1) is 20.8. The monoisotopic (exact) mass is 409 g/mol. The Hall–Kier alpha value is -3.88. The molecule has 1 aliphatic rings. The number of aliphatic carboxylic acids is 1. The third-order valence-electron chi connectivity index (χ3n) is 4.83. The average molecular weight is 409 g/mol. The number of nitrogens with one attached hydrogen (secondary N) is 3. The number of nitrogens with zero attached hydrogens (tertiary/aromatic N) is 1. The fourth-order valence-corrected chi connectivity index (χ4v) is 3.22. The van der Waals surface area contributed by atoms with Gasteiger partial charge in [0.1, 0.15) is 11.9 Å². The van der Waals surface area contributed by atoms with E-state index < -0.39 is 12.0 Å². The van der Waals surface area contributed by atoms with Crippen molar-refractivity contribution in [1.82, 2.24) is 4.90 Å². The number of amidine groups is 1. The first-order chi connectivity index (χ1) is 14.2. The van der Waals surface area contributed by atoms with Crippen molar-refractivity contribution in [2.45, 2.75) is 25.9 Å². The van der Waals surface area contributed by atoms with Crippen LogP contribution in [0.4, 0.5) is 11.4 Å². The lowest BCUT2D eigenvalue weighted by atomic mass is 10.1. The maximum Gasteiger partial charge on any atom is 0.305 e. The summed E-state index contributed by atoms with van der Waals surface area (Å²) in [5.74, 6) is -1.54. The SMILES string of the molecule is CC1Nc2ccc(NC(=O)c3ccc(C(=N)N)cc3)cc2CN(CCC(=O)O)C1=O. The molecule has 30 heavy (non-hydrogen) atoms. The molecule has 2 amide bonds. The number of amides is 2. The smallest absolute Gasteiger partial charge is 0.305 e. The summed E-state index contributed by atoms with van der Waals surface area (Å²) in [4.78, 5) is 37.5. The van der Waals surface area contributed by atoms with E-state index in [2.05, 4.69) is 10.6 Å². The Labute approximate surface area is 173 Å². The van der Waals surface area contributed by atoms with Crippen LogP contribution in [-0.4, -0.2) is 46.2 Å². The molecule has 2 aromatic carbocycles. The third kappa shape index (κ3) is 4.75. The minimum absolute atomic E-state index is 0.0727. The number of hydrogen-bond donors (Lipinski definition) is 5. The highest BCUT2D eigenvalue weighted by Crippen LogP contribution is 2.26. The van der Waals surface area contributed by atoms with E-state index in [0.29, 0.717) is 16.8 Å². The van der Waals surface area contributed by atoms with Gasteiger partial charge in [0.2, 0.25) is 5.91 Å². The quantitative estimate of drug-likeness (QED) is 0.363. The van der Waals surface area contributed by atoms with E-state index in [0.717, 1.165) is 11.3 Å². The summed E-state index contributed by atoms with van der Waals surface area (Å²) in [6, 6.07) is 11.2. The molecule has 9 heteroatoms. The molecule has 0 radical (unpaired) electrons. The fourth-order valence-electron chi connectivity index (χ4n) is 3.22. The van der Waals surface area contributed by atoms with Crippen molar-refractivity contribution in [2.75, 3.05) is 17.2 Å². The number of carboxylic acid groups (broad SMARTS) is 1. The molecule has 9 nitrogen and oxygen atoms in total. The van der Waals surface area contributed by atoms with Gasteiger partial charge in [-0.3, -0.25) is 19.8 Å². The summed E-state index contributed by atoms with van der Waals surface area (Å²) < 4.78 is 0. The molecule has 0 bridgehead atoms. The molecule has 1 heterocycles. The van der Waals surface area contributed by atoms with Gasteiger partial charge >= 0.3 is 5.97 Å². The second-order valence-corrected chi connectivity index (χ2v) is 7.09. The molecule has 0 aliphatic carbocycles. The van der Waals surface area contributed by atoms with Gasteiger partial charge in [0.25, 0.3) is 5.91 Å². The topological polar surface area (TPSA) is 149 Å². The lowest BCUT2D eigenvalue weighted by Gasteiger charge is -2.22. The maximum absolute atomic E-state index is 12.5. The Balaban J connectivity index is 1.78. The average Bonchev–Trinajstić information content (AvgIpc) is 2.82. The number of hydrogen-bond acceptors (Lipinski definition) is 5. The number of carbonyl (C=O) groups excluding carboxylic acids is 2. The van der Waals surface area contributed by atoms with E-state index in [4.69, 9.17) is 16.2 Å². The van der Waals surface area contributed by atoms with Gasteiger partial charge < -0.3 is 26.4 Å². The van der Waals surface area contributed by atoms with Crippen molar-refractivity contribution in [3.8, 4) is 0 Å². The second-order valence-electron chi connectivity index (χ2n) is 7.09. The summed E-state index contributed by atoms with van der Waals surface area (Å²) in [7, 11) is 0. The van der Waals surface area contributed by atoms with Crippen LogP contribution in [0.2, 0.25) is 0 Å². The number of carbonyl (C=O) groups is 3. The van der Waals surface area contributed by atoms with Gasteiger partial charge in [0, 0.05) is 35.6 Å². The van der Waals surface area contributed by atoms with Crippen LogP contribution in [0.5, 0.6) is 0 Å². The Morgan fingerprint density at radius 2 is 1.90 bits per heavy atom. The van der Waals surface area contributed by atoms with Crippen molar-refractivity contribution in [1.29, 1.82) is 5.41 Å². The number of nitrogens with two attached hydrogens (primary N) is 1. The van der Waals surface area contributed by atoms with Crippen LogP contribution in [0.1, 0.15) is 34.8 Å². The lowest BCUT2D eigenvalue weighted by Crippen LogP contribution is -2.39. The minimum atomic E-state index is -0.968. The molecule has 1 atom stereocenters. The zero-order valence-electron chi connectivity index (χ0n) is 16.4. The standard InChI is InChI=1S/C21H23N5O4/c1-12-21(30)26(9-8-18(27)28)11-15-10-16(6-7-17(15)24-12)25-20(29)14-4-2-13(3-5-14)19(22)23/h2-7,10,12,24H,8-9,11H2,1H3,(H3,22,23)(H,25,29)(H,27,28). The molecule has 1 aliphatic heterocycles. The van der Waals surface area contributed by atoms with E-state index in [1.807, 2.05) is 0 Å². The zero-order valence-corrected chi connectivity index (χ0v) is 16.4. The fraction of sp³-hybridized carbons (Fsp3) is 0.238. The molecule has 156 valence electrons. The van der Waals surface area contributed by atoms with Crippen molar-refractivity contribution in [3.05, 3.63) is 59.2 Å². The van der Waals surface area contributed by atoms with E-state index >= 15 is 0 Å². The summed E-state index contributed by atoms with van der Waals surface area (Å²) in [5, 5.41) is 22.3. The van der Waals surface area contributed by atoms with Crippen LogP contribution in [0.15, 0.2) is 42.5 Å². The van der Waals surface area contributed by atoms with Crippen LogP contribution in [0, 0.1) is 5.41 Å². The molecule has 0 saturated heterocycles. The van der Waals surface area contributed by atoms with Crippen LogP contribution in [0.25, 0.3) is 0 Å². The number of anilines is 2. The number of fused-ring (bicyclic) bond motifs is 1. The van der Waals surface area contributed by atoms with Crippen LogP contribution in [0.3, 0.4) is 0 Å². The molecule has 0 saturated carbocycles. The molecule has 3 rings (SSSR count). The molecule has 0 spiro atoms. The highest BCUT2D eigenvalue weighted by molar-refractivity contribution is 6.05. The summed E-state index contributed by atoms with van der Waals surface area (Å²) in [5.41, 5.74) is 8.47. The maximum atomic E-state index is 12.5. The largest absolute Gasteiger partial charge is 0.481 e. The lowest BCUT2D eigenvalue weighted by molar-refractivity contribution is -0.138. The molecule has 2 aromatic rings. The highest BCUT2D eigenvalue weighted by atomic mass is 16.4. The minimum Gasteiger partial charge on any atom is -0.481 e. The zero-order chi connectivity index (χ0) is 21.8. The van der Waals surface area contributed by atoms with Crippen molar-refractivity contribution in [3.63, 3.8) is 0 Å². The summed E-state index contributed by atoms with van der Waals surface area (Å²) in [6.45, 7) is 2.08. The van der Waals surface area contributed by atoms with Crippen LogP contribution < -0.4 is 16.4 Å². The van der Waals surface area contributed by atoms with Crippen molar-refractivity contribution >= 4 is 35.0 Å². The highest BCUT2D eigenvalue weighted by Gasteiger charge is 2.26. The Morgan fingerprint density at radius 3 is 2.53 bits per heavy atom. The molecule has 0 fully saturated rings. The van der Waals surface area contributed by atoms with Gasteiger partial charge in [-0.1, -0.05) is 12.1 Å². The second kappa shape index (κ2) is 8.64. The van der Waals surface area contributed by atoms with Gasteiger partial charge in [0.15, 0.2) is 0 Å². The van der Waals surface area contributed by atoms with Gasteiger partial charge in [-0.05, 0) is 42.8 Å². The van der Waals surface area contributed by atoms with E-state index in [9.17, 15) is 14.4 Å². The summed E-state index contributed by atoms with van der Waals surface area (Å²) in [6.07, 6.45) is -0.138. The Kier molecular flexibility index (Phi) is 6.01. The van der Waals surface area contributed by atoms with E-state index in [1.165, 1.54) is 4.90 Å². The van der Waals surface area contributed by atoms with Crippen molar-refractivity contribution < 1.29 is 19.5 Å². The van der Waals surface area contributed by atoms with Crippen LogP contribution in [-0.2, 0) is 16.1 Å². The first-order valence-electron chi connectivity index (χ1n) is 9.40. The van der Waals surface area contributed by atoms with Gasteiger partial charge in [0.05, 0.1) is 6.42 Å². The third-order valence-corrected chi connectivity index (χ3v) is 4.83. The molecule has 1 unspecified atom stereocenters. The number of carboxylic acids is 1. The van der Waals surface area contributed by atoms with E-state index in [-0.39, 0.29) is 37.2 Å². The van der Waals surface area contributed by atoms with Gasteiger partial charge in [-0.25, -0.2) is 0 Å². The molecular formula is C21H23N5O4. The predicted octanol–water partition coefficient (Wildman–Crippen LogP) is 1.84. The van der Waals surface area contributed by atoms with Gasteiger partial charge in [-0.15, -0.1) is 0 Å². The normalized spacial score (nSPS) is 15.6. The Morgan fingerprint density at radius 1 is 1.23 bits per heavy atom.